The molecule has 2 rings (SSSR count). The Morgan fingerprint density at radius 3 is 2.61 bits per heavy atom. The second-order valence-electron chi connectivity index (χ2n) is 5.43. The molecule has 0 amide bonds. The van der Waals surface area contributed by atoms with Crippen molar-refractivity contribution in [1.29, 1.82) is 0 Å². The van der Waals surface area contributed by atoms with Gasteiger partial charge in [0.15, 0.2) is 0 Å². The summed E-state index contributed by atoms with van der Waals surface area (Å²) in [6, 6.07) is 3.77. The van der Waals surface area contributed by atoms with Gasteiger partial charge in [-0.3, -0.25) is 0 Å². The largest absolute Gasteiger partial charge is 0.330 e. The number of likely N-dealkylation sites (N-methyl/N-ethyl adjacent to an activating group) is 1. The van der Waals surface area contributed by atoms with Gasteiger partial charge in [0, 0.05) is 19.2 Å². The van der Waals surface area contributed by atoms with E-state index in [1.807, 2.05) is 7.05 Å². The fraction of sp³-hybridized carbons (Fsp3) is 0.571. The fourth-order valence-corrected chi connectivity index (χ4v) is 2.29. The Balaban J connectivity index is 1.83. The van der Waals surface area contributed by atoms with Crippen LogP contribution in [0.25, 0.3) is 0 Å². The van der Waals surface area contributed by atoms with E-state index in [4.69, 9.17) is 5.73 Å². The Morgan fingerprint density at radius 1 is 1.33 bits per heavy atom. The van der Waals surface area contributed by atoms with Gasteiger partial charge in [0.05, 0.1) is 0 Å². The monoisotopic (exact) mass is 254 g/mol. The molecule has 0 heterocycles. The molecule has 2 nitrogen and oxygen atoms in total. The molecule has 2 N–H and O–H groups in total. The minimum atomic E-state index is -0.523. The Bertz CT molecular complexity index is 416. The van der Waals surface area contributed by atoms with Crippen molar-refractivity contribution in [2.75, 3.05) is 26.7 Å². The Morgan fingerprint density at radius 2 is 2.06 bits per heavy atom. The Kier molecular flexibility index (Phi) is 3.97. The molecule has 1 fully saturated rings. The first-order valence-corrected chi connectivity index (χ1v) is 6.37. The number of halogens is 2. The number of hydrogen-bond donors (Lipinski definition) is 1. The van der Waals surface area contributed by atoms with Crippen molar-refractivity contribution in [3.63, 3.8) is 0 Å². The van der Waals surface area contributed by atoms with Gasteiger partial charge in [-0.15, -0.1) is 0 Å². The minimum Gasteiger partial charge on any atom is -0.330 e. The van der Waals surface area contributed by atoms with Crippen molar-refractivity contribution in [2.45, 2.75) is 19.3 Å². The van der Waals surface area contributed by atoms with Crippen LogP contribution in [-0.4, -0.2) is 31.6 Å². The number of hydrogen-bond acceptors (Lipinski definition) is 2. The summed E-state index contributed by atoms with van der Waals surface area (Å²) in [6.07, 6.45) is 2.99. The lowest BCUT2D eigenvalue weighted by atomic mass is 10.1. The molecule has 0 aliphatic heterocycles. The van der Waals surface area contributed by atoms with Gasteiger partial charge in [-0.25, -0.2) is 8.78 Å². The van der Waals surface area contributed by atoms with Crippen LogP contribution in [0.2, 0.25) is 0 Å². The molecule has 1 aliphatic rings. The summed E-state index contributed by atoms with van der Waals surface area (Å²) in [5.41, 5.74) is 6.61. The van der Waals surface area contributed by atoms with Crippen molar-refractivity contribution >= 4 is 0 Å². The van der Waals surface area contributed by atoms with Crippen LogP contribution in [0, 0.1) is 17.0 Å². The molecule has 1 aromatic rings. The summed E-state index contributed by atoms with van der Waals surface area (Å²) < 4.78 is 26.2. The zero-order valence-electron chi connectivity index (χ0n) is 10.8. The van der Waals surface area contributed by atoms with Gasteiger partial charge in [0.1, 0.15) is 11.6 Å². The van der Waals surface area contributed by atoms with Crippen LogP contribution in [-0.2, 0) is 6.42 Å². The summed E-state index contributed by atoms with van der Waals surface area (Å²) in [7, 11) is 2.02. The maximum atomic E-state index is 13.4. The molecular formula is C14H20F2N2. The van der Waals surface area contributed by atoms with Crippen molar-refractivity contribution < 1.29 is 8.78 Å². The average Bonchev–Trinajstić information content (AvgIpc) is 3.08. The van der Waals surface area contributed by atoms with Crippen LogP contribution in [0.4, 0.5) is 8.78 Å². The van der Waals surface area contributed by atoms with Gasteiger partial charge in [-0.1, -0.05) is 6.07 Å². The van der Waals surface area contributed by atoms with Gasteiger partial charge < -0.3 is 10.6 Å². The van der Waals surface area contributed by atoms with Gasteiger partial charge >= 0.3 is 0 Å². The first kappa shape index (κ1) is 13.4. The van der Waals surface area contributed by atoms with Crippen molar-refractivity contribution in [1.82, 2.24) is 4.90 Å². The zero-order valence-corrected chi connectivity index (χ0v) is 10.8. The van der Waals surface area contributed by atoms with Crippen LogP contribution in [0.15, 0.2) is 18.2 Å². The lowest BCUT2D eigenvalue weighted by molar-refractivity contribution is 0.268. The van der Waals surface area contributed by atoms with E-state index < -0.39 is 11.6 Å². The van der Waals surface area contributed by atoms with Gasteiger partial charge in [-0.05, 0) is 49.9 Å². The van der Waals surface area contributed by atoms with Crippen LogP contribution < -0.4 is 5.73 Å². The highest BCUT2D eigenvalue weighted by Gasteiger charge is 2.41. The summed E-state index contributed by atoms with van der Waals surface area (Å²) in [5.74, 6) is -0.979. The molecular weight excluding hydrogens is 234 g/mol. The van der Waals surface area contributed by atoms with Gasteiger partial charge in [0.2, 0.25) is 0 Å². The van der Waals surface area contributed by atoms with E-state index in [2.05, 4.69) is 4.90 Å². The maximum Gasteiger partial charge on any atom is 0.129 e. The third-order valence-corrected chi connectivity index (χ3v) is 3.77. The van der Waals surface area contributed by atoms with E-state index in [-0.39, 0.29) is 0 Å². The van der Waals surface area contributed by atoms with Crippen molar-refractivity contribution in [2.24, 2.45) is 11.1 Å². The predicted octanol–water partition coefficient (Wildman–Crippen LogP) is 2.18. The quantitative estimate of drug-likeness (QED) is 0.843. The van der Waals surface area contributed by atoms with E-state index in [1.54, 1.807) is 0 Å². The van der Waals surface area contributed by atoms with Crippen LogP contribution in [0.3, 0.4) is 0 Å². The molecule has 0 bridgehead atoms. The Hall–Kier alpha value is -1.00. The molecule has 0 aromatic heterocycles. The summed E-state index contributed by atoms with van der Waals surface area (Å²) >= 11 is 0. The first-order valence-electron chi connectivity index (χ1n) is 6.37. The average molecular weight is 254 g/mol. The SMILES string of the molecule is CN(CCc1ccc(F)cc1F)CC1(CN)CC1. The Labute approximate surface area is 107 Å². The second-order valence-corrected chi connectivity index (χ2v) is 5.43. The van der Waals surface area contributed by atoms with E-state index in [0.717, 1.165) is 25.7 Å². The lowest BCUT2D eigenvalue weighted by Crippen LogP contribution is -2.32. The maximum absolute atomic E-state index is 13.4. The first-order chi connectivity index (χ1) is 8.54. The number of nitrogens with two attached hydrogens (primary N) is 1. The topological polar surface area (TPSA) is 29.3 Å². The highest BCUT2D eigenvalue weighted by atomic mass is 19.1. The fourth-order valence-electron chi connectivity index (χ4n) is 2.29. The smallest absolute Gasteiger partial charge is 0.129 e. The molecule has 18 heavy (non-hydrogen) atoms. The molecule has 0 atom stereocenters. The van der Waals surface area contributed by atoms with E-state index in [1.165, 1.54) is 25.0 Å². The molecule has 0 saturated heterocycles. The zero-order chi connectivity index (χ0) is 13.2. The van der Waals surface area contributed by atoms with Gasteiger partial charge in [-0.2, -0.15) is 0 Å². The molecule has 1 aromatic carbocycles. The summed E-state index contributed by atoms with van der Waals surface area (Å²) in [4.78, 5) is 2.18. The molecule has 1 aliphatic carbocycles. The molecule has 0 spiro atoms. The van der Waals surface area contributed by atoms with Crippen LogP contribution in [0.1, 0.15) is 18.4 Å². The molecule has 0 unspecified atom stereocenters. The third kappa shape index (κ3) is 3.27. The standard InChI is InChI=1S/C14H20F2N2/c1-18(10-14(9-17)5-6-14)7-4-11-2-3-12(15)8-13(11)16/h2-3,8H,4-7,9-10,17H2,1H3. The predicted molar refractivity (Wildman–Crippen MR) is 68.3 cm³/mol. The lowest BCUT2D eigenvalue weighted by Gasteiger charge is -2.22. The second kappa shape index (κ2) is 5.33. The van der Waals surface area contributed by atoms with Crippen LogP contribution >= 0.6 is 0 Å². The third-order valence-electron chi connectivity index (χ3n) is 3.77. The number of rotatable bonds is 6. The summed E-state index contributed by atoms with van der Waals surface area (Å²) in [5, 5.41) is 0. The van der Waals surface area contributed by atoms with Crippen molar-refractivity contribution in [3.05, 3.63) is 35.4 Å². The number of benzene rings is 1. The van der Waals surface area contributed by atoms with Crippen LogP contribution in [0.5, 0.6) is 0 Å². The number of nitrogens with zero attached hydrogens (tertiary/aromatic N) is 1. The molecule has 100 valence electrons. The highest BCUT2D eigenvalue weighted by Crippen LogP contribution is 2.44. The molecule has 0 radical (unpaired) electrons. The normalized spacial score (nSPS) is 17.2. The minimum absolute atomic E-state index is 0.302. The van der Waals surface area contributed by atoms with Gasteiger partial charge in [0.25, 0.3) is 0 Å². The summed E-state index contributed by atoms with van der Waals surface area (Å²) in [6.45, 7) is 2.46. The van der Waals surface area contributed by atoms with E-state index in [9.17, 15) is 8.78 Å². The van der Waals surface area contributed by atoms with E-state index in [0.29, 0.717) is 17.4 Å². The molecule has 4 heteroatoms. The van der Waals surface area contributed by atoms with E-state index >= 15 is 0 Å². The van der Waals surface area contributed by atoms with Crippen molar-refractivity contribution in [3.8, 4) is 0 Å². The highest BCUT2D eigenvalue weighted by molar-refractivity contribution is 5.18. The molecule has 1 saturated carbocycles.